The third kappa shape index (κ3) is 8.19. The third-order valence-electron chi connectivity index (χ3n) is 11.8. The number of hydrogen-bond donors (Lipinski definition) is 4. The van der Waals surface area contributed by atoms with Gasteiger partial charge in [-0.25, -0.2) is 19.6 Å². The summed E-state index contributed by atoms with van der Waals surface area (Å²) in [5, 5.41) is 7.86. The van der Waals surface area contributed by atoms with Gasteiger partial charge in [0.1, 0.15) is 34.6 Å². The number of methoxy groups -OCH3 is 2. The van der Waals surface area contributed by atoms with Gasteiger partial charge in [-0.15, -0.1) is 0 Å². The maximum Gasteiger partial charge on any atom is 0.407 e. The van der Waals surface area contributed by atoms with Gasteiger partial charge in [0.25, 0.3) is 0 Å². The maximum absolute atomic E-state index is 14.0. The van der Waals surface area contributed by atoms with Crippen LogP contribution in [-0.4, -0.2) is 92.6 Å². The zero-order valence-corrected chi connectivity index (χ0v) is 35.4. The molecule has 14 nitrogen and oxygen atoms in total. The van der Waals surface area contributed by atoms with E-state index in [4.69, 9.17) is 31.0 Å². The van der Waals surface area contributed by atoms with Gasteiger partial charge in [-0.1, -0.05) is 88.7 Å². The van der Waals surface area contributed by atoms with E-state index in [0.29, 0.717) is 23.2 Å². The van der Waals surface area contributed by atoms with Crippen LogP contribution in [0.4, 0.5) is 9.59 Å². The van der Waals surface area contributed by atoms with E-state index in [2.05, 4.69) is 51.8 Å². The van der Waals surface area contributed by atoms with Crippen LogP contribution in [0, 0.1) is 11.8 Å². The van der Waals surface area contributed by atoms with Crippen LogP contribution in [0.1, 0.15) is 90.5 Å². The maximum atomic E-state index is 14.0. The molecule has 2 saturated heterocycles. The highest BCUT2D eigenvalue weighted by atomic mass is 35.5. The Kier molecular flexibility index (Phi) is 12.2. The van der Waals surface area contributed by atoms with Gasteiger partial charge in [0.05, 0.1) is 37.3 Å². The Labute approximate surface area is 348 Å². The number of carbonyl (C=O) groups excluding carboxylic acids is 4. The molecular formula is C44H53ClN8O6. The van der Waals surface area contributed by atoms with Crippen molar-refractivity contribution in [3.8, 4) is 22.4 Å². The van der Waals surface area contributed by atoms with Gasteiger partial charge < -0.3 is 39.9 Å². The number of aromatic amines is 2. The second-order valence-corrected chi connectivity index (χ2v) is 16.6. The minimum atomic E-state index is -0.728. The highest BCUT2D eigenvalue weighted by molar-refractivity contribution is 6.32. The Morgan fingerprint density at radius 3 is 2.05 bits per heavy atom. The van der Waals surface area contributed by atoms with E-state index in [0.717, 1.165) is 76.4 Å². The topological polar surface area (TPSA) is 175 Å². The molecule has 59 heavy (non-hydrogen) atoms. The van der Waals surface area contributed by atoms with Crippen LogP contribution in [0.5, 0.6) is 0 Å². The number of nitrogens with one attached hydrogen (secondary N) is 4. The summed E-state index contributed by atoms with van der Waals surface area (Å²) in [6.45, 7) is 10.2. The van der Waals surface area contributed by atoms with Crippen LogP contribution in [0.2, 0.25) is 5.15 Å². The molecule has 15 heteroatoms. The second-order valence-electron chi connectivity index (χ2n) is 16.2. The van der Waals surface area contributed by atoms with Gasteiger partial charge in [-0.3, -0.25) is 9.59 Å². The fraction of sp³-hybridized carbons (Fsp3) is 0.455. The number of imidazole rings is 2. The van der Waals surface area contributed by atoms with E-state index in [1.807, 2.05) is 62.9 Å². The minimum absolute atomic E-state index is 0.0346. The number of alkyl carbamates (subject to hydrolysis) is 2. The quantitative estimate of drug-likeness (QED) is 0.103. The highest BCUT2D eigenvalue weighted by Gasteiger charge is 2.42. The first-order valence-electron chi connectivity index (χ1n) is 20.4. The summed E-state index contributed by atoms with van der Waals surface area (Å²) in [4.78, 5) is 72.3. The molecule has 0 saturated carbocycles. The molecule has 4 heterocycles. The number of amides is 4. The summed E-state index contributed by atoms with van der Waals surface area (Å²) >= 11 is 6.74. The largest absolute Gasteiger partial charge is 0.453 e. The average Bonchev–Trinajstić information content (AvgIpc) is 4.06. The fourth-order valence-electron chi connectivity index (χ4n) is 8.64. The van der Waals surface area contributed by atoms with Crippen molar-refractivity contribution < 1.29 is 28.7 Å². The summed E-state index contributed by atoms with van der Waals surface area (Å²) in [6.07, 6.45) is 2.66. The van der Waals surface area contributed by atoms with E-state index in [1.54, 1.807) is 4.90 Å². The molecule has 2 fully saturated rings. The van der Waals surface area contributed by atoms with Gasteiger partial charge in [0.2, 0.25) is 11.8 Å². The Morgan fingerprint density at radius 2 is 1.41 bits per heavy atom. The van der Waals surface area contributed by atoms with Crippen LogP contribution in [-0.2, 0) is 19.1 Å². The summed E-state index contributed by atoms with van der Waals surface area (Å²) in [7, 11) is 2.58. The number of aromatic nitrogens is 4. The molecule has 312 valence electrons. The van der Waals surface area contributed by atoms with Crippen molar-refractivity contribution in [2.45, 2.75) is 96.9 Å². The molecule has 0 radical (unpaired) electrons. The molecule has 0 aliphatic carbocycles. The average molecular weight is 825 g/mol. The molecule has 5 atom stereocenters. The predicted molar refractivity (Wildman–Crippen MR) is 227 cm³/mol. The van der Waals surface area contributed by atoms with Gasteiger partial charge in [0, 0.05) is 23.5 Å². The number of H-pyrrole nitrogens is 2. The normalized spacial score (nSPS) is 19.1. The predicted octanol–water partition coefficient (Wildman–Crippen LogP) is 8.29. The molecule has 7 rings (SSSR count). The van der Waals surface area contributed by atoms with E-state index < -0.39 is 24.3 Å². The summed E-state index contributed by atoms with van der Waals surface area (Å²) in [5.74, 6) is 0.765. The van der Waals surface area contributed by atoms with Crippen LogP contribution >= 0.6 is 11.6 Å². The van der Waals surface area contributed by atoms with E-state index in [1.165, 1.54) is 14.2 Å². The molecule has 0 spiro atoms. The Hall–Kier alpha value is -5.63. The molecule has 0 unspecified atom stereocenters. The molecule has 4 amide bonds. The monoisotopic (exact) mass is 824 g/mol. The van der Waals surface area contributed by atoms with Crippen molar-refractivity contribution in [1.29, 1.82) is 0 Å². The van der Waals surface area contributed by atoms with Crippen molar-refractivity contribution in [2.24, 2.45) is 11.8 Å². The minimum Gasteiger partial charge on any atom is -0.453 e. The number of benzene rings is 3. The summed E-state index contributed by atoms with van der Waals surface area (Å²) < 4.78 is 9.60. The molecule has 2 aromatic heterocycles. The third-order valence-corrected chi connectivity index (χ3v) is 12.1. The highest BCUT2D eigenvalue weighted by Crippen LogP contribution is 2.40. The van der Waals surface area contributed by atoms with Crippen LogP contribution in [0.3, 0.4) is 0 Å². The molecule has 3 aromatic carbocycles. The second kappa shape index (κ2) is 17.3. The zero-order chi connectivity index (χ0) is 42.1. The smallest absolute Gasteiger partial charge is 0.407 e. The van der Waals surface area contributed by atoms with Crippen molar-refractivity contribution in [3.63, 3.8) is 0 Å². The van der Waals surface area contributed by atoms with Gasteiger partial charge >= 0.3 is 12.2 Å². The van der Waals surface area contributed by atoms with Crippen LogP contribution < -0.4 is 10.6 Å². The first-order valence-corrected chi connectivity index (χ1v) is 20.8. The molecule has 2 aliphatic rings. The van der Waals surface area contributed by atoms with Crippen molar-refractivity contribution in [3.05, 3.63) is 71.4 Å². The van der Waals surface area contributed by atoms with Crippen LogP contribution in [0.15, 0.2) is 54.6 Å². The molecular weight excluding hydrogens is 772 g/mol. The Bertz CT molecular complexity index is 2360. The van der Waals surface area contributed by atoms with Crippen molar-refractivity contribution in [1.82, 2.24) is 40.4 Å². The lowest BCUT2D eigenvalue weighted by molar-refractivity contribution is -0.138. The molecule has 4 N–H and O–H groups in total. The lowest BCUT2D eigenvalue weighted by Gasteiger charge is -2.33. The molecule has 5 aromatic rings. The Morgan fingerprint density at radius 1 is 0.780 bits per heavy atom. The lowest BCUT2D eigenvalue weighted by Crippen LogP contribution is -2.53. The molecule has 0 bridgehead atoms. The van der Waals surface area contributed by atoms with E-state index >= 15 is 0 Å². The number of nitrogens with zero attached hydrogens (tertiary/aromatic N) is 4. The standard InChI is InChI=1S/C44H53ClN8O6/c1-8-29-17-20-33(53(29)42(55)35(24(4)5)50-44(57)59-7)40-46-31-19-16-28-22-27(15-18-30(28)37(31)48-40)25-11-13-26(14-12-25)36-38(45)51-39(47-36)32-10-9-21-52(32)41(54)34(23(2)3)49-43(56)58-6/h11-16,18-19,22-24,29,32-35H,8-10,17,20-21H2,1-7H3,(H,46,48)(H,47,51)(H,49,56)(H,50,57)/t29-,32+,33+,34+,35+/m1/s1. The van der Waals surface area contributed by atoms with Gasteiger partial charge in [0.15, 0.2) is 0 Å². The van der Waals surface area contributed by atoms with E-state index in [-0.39, 0.29) is 41.8 Å². The summed E-state index contributed by atoms with van der Waals surface area (Å²) in [6, 6.07) is 16.5. The van der Waals surface area contributed by atoms with Crippen molar-refractivity contribution >= 4 is 57.4 Å². The first kappa shape index (κ1) is 41.5. The van der Waals surface area contributed by atoms with Gasteiger partial charge in [-0.2, -0.15) is 0 Å². The molecule has 2 aliphatic heterocycles. The number of rotatable bonds is 11. The van der Waals surface area contributed by atoms with Crippen molar-refractivity contribution in [2.75, 3.05) is 20.8 Å². The van der Waals surface area contributed by atoms with Crippen LogP contribution in [0.25, 0.3) is 44.2 Å². The van der Waals surface area contributed by atoms with Gasteiger partial charge in [-0.05, 0) is 72.6 Å². The number of halogens is 1. The number of likely N-dealkylation sites (tertiary alicyclic amines) is 2. The zero-order valence-electron chi connectivity index (χ0n) is 34.6. The number of fused-ring (bicyclic) bond motifs is 3. The number of carbonyl (C=O) groups is 4. The fourth-order valence-corrected chi connectivity index (χ4v) is 8.88. The van der Waals surface area contributed by atoms with E-state index in [9.17, 15) is 19.2 Å². The first-order chi connectivity index (χ1) is 28.3. The lowest BCUT2D eigenvalue weighted by atomic mass is 9.99. The number of ether oxygens (including phenoxy) is 2. The summed E-state index contributed by atoms with van der Waals surface area (Å²) in [5.41, 5.74) is 5.21. The number of hydrogen-bond acceptors (Lipinski definition) is 8. The SMILES string of the molecule is CC[C@@H]1CC[C@@H](c2nc3c(ccc4cc(-c5ccc(-c6nc([C@@H]7CCCN7C(=O)[C@@H](NC(=O)OC)C(C)C)[nH]c6Cl)cc5)ccc43)[nH]2)N1C(=O)[C@@H](NC(=O)OC)C(C)C. The Balaban J connectivity index is 1.10.